The molecule has 6 nitrogen and oxygen atoms in total. The van der Waals surface area contributed by atoms with E-state index in [9.17, 15) is 0 Å². The van der Waals surface area contributed by atoms with Crippen LogP contribution in [0.25, 0.3) is 54.8 Å². The van der Waals surface area contributed by atoms with Crippen LogP contribution in [0.3, 0.4) is 0 Å². The Labute approximate surface area is 336 Å². The van der Waals surface area contributed by atoms with Crippen molar-refractivity contribution in [3.05, 3.63) is 207 Å². The molecule has 0 radical (unpaired) electrons. The molecule has 58 heavy (non-hydrogen) atoms. The predicted molar refractivity (Wildman–Crippen MR) is 244 cm³/mol. The fourth-order valence-corrected chi connectivity index (χ4v) is 8.05. The third kappa shape index (κ3) is 6.19. The number of rotatable bonds is 8. The van der Waals surface area contributed by atoms with E-state index in [4.69, 9.17) is 21.4 Å². The van der Waals surface area contributed by atoms with E-state index in [1.165, 1.54) is 21.5 Å². The zero-order chi connectivity index (χ0) is 39.0. The summed E-state index contributed by atoms with van der Waals surface area (Å²) in [5, 5.41) is 4.74. The molecular weight excluding hydrogens is 709 g/mol. The van der Waals surface area contributed by atoms with Crippen LogP contribution in [-0.2, 0) is 0 Å². The lowest BCUT2D eigenvalue weighted by Gasteiger charge is -2.26. The number of nitrogens with zero attached hydrogens (tertiary/aromatic N) is 4. The Kier molecular flexibility index (Phi) is 8.69. The Bertz CT molecular complexity index is 2960. The van der Waals surface area contributed by atoms with Gasteiger partial charge in [-0.2, -0.15) is 0 Å². The molecule has 10 rings (SSSR count). The Morgan fingerprint density at radius 3 is 1.05 bits per heavy atom. The first kappa shape index (κ1) is 34.5. The van der Waals surface area contributed by atoms with Gasteiger partial charge in [0.2, 0.25) is 0 Å². The van der Waals surface area contributed by atoms with Crippen molar-refractivity contribution >= 4 is 78.1 Å². The minimum Gasteiger partial charge on any atom is -0.396 e. The highest BCUT2D eigenvalue weighted by Crippen LogP contribution is 2.46. The van der Waals surface area contributed by atoms with Crippen LogP contribution in [0.4, 0.5) is 45.5 Å². The fraction of sp³-hybridized carbons (Fsp3) is 0. The van der Waals surface area contributed by atoms with E-state index in [1.807, 2.05) is 12.1 Å². The lowest BCUT2D eigenvalue weighted by molar-refractivity contribution is 1.28. The van der Waals surface area contributed by atoms with Gasteiger partial charge in [-0.15, -0.1) is 0 Å². The number of fused-ring (bicyclic) bond motifs is 3. The molecule has 0 saturated carbocycles. The molecule has 276 valence electrons. The van der Waals surface area contributed by atoms with Gasteiger partial charge in [0, 0.05) is 57.6 Å². The SMILES string of the molecule is Nc1c(N)c(-c2ccc(N(c3ccc4ccccc4c3)c3ccc4ccccc4c3)cc2)c2nccnc2c1-c1ccc(N(c2ccccc2)c2ccccc2)cc1. The Morgan fingerprint density at radius 1 is 0.310 bits per heavy atom. The monoisotopic (exact) mass is 746 g/mol. The first-order valence-corrected chi connectivity index (χ1v) is 19.3. The number of para-hydroxylation sites is 2. The van der Waals surface area contributed by atoms with Crippen molar-refractivity contribution in [3.8, 4) is 22.3 Å². The maximum atomic E-state index is 7.02. The molecule has 0 spiro atoms. The summed E-state index contributed by atoms with van der Waals surface area (Å²) in [5.74, 6) is 0. The van der Waals surface area contributed by atoms with Crippen molar-refractivity contribution in [2.24, 2.45) is 0 Å². The molecule has 1 aromatic heterocycles. The maximum Gasteiger partial charge on any atom is 0.0993 e. The minimum atomic E-state index is 0.468. The molecule has 9 aromatic carbocycles. The standard InChI is InChI=1S/C52H38N6/c53-49-47(37-21-25-43(26-22-37)57(41-15-3-1-4-16-41)42-17-5-2-6-18-42)51-52(56-32-31-55-51)48(50(49)54)38-23-27-44(28-24-38)58(45-29-19-35-11-7-9-13-39(35)33-45)46-30-20-36-12-8-10-14-40(36)34-46/h1-34H,53-54H2. The lowest BCUT2D eigenvalue weighted by atomic mass is 9.93. The second-order valence-corrected chi connectivity index (χ2v) is 14.3. The molecule has 6 heteroatoms. The van der Waals surface area contributed by atoms with Crippen LogP contribution in [-0.4, -0.2) is 9.97 Å². The summed E-state index contributed by atoms with van der Waals surface area (Å²) in [6.07, 6.45) is 3.42. The first-order valence-electron chi connectivity index (χ1n) is 19.3. The zero-order valence-electron chi connectivity index (χ0n) is 31.6. The van der Waals surface area contributed by atoms with Crippen molar-refractivity contribution in [2.45, 2.75) is 0 Å². The third-order valence-corrected chi connectivity index (χ3v) is 10.8. The van der Waals surface area contributed by atoms with Crippen LogP contribution in [0.2, 0.25) is 0 Å². The molecule has 0 aliphatic carbocycles. The van der Waals surface area contributed by atoms with Crippen molar-refractivity contribution < 1.29 is 0 Å². The summed E-state index contributed by atoms with van der Waals surface area (Å²) in [6, 6.07) is 67.6. The maximum absolute atomic E-state index is 7.02. The summed E-state index contributed by atoms with van der Waals surface area (Å²) in [7, 11) is 0. The summed E-state index contributed by atoms with van der Waals surface area (Å²) < 4.78 is 0. The van der Waals surface area contributed by atoms with Gasteiger partial charge in [0.05, 0.1) is 22.4 Å². The number of anilines is 8. The van der Waals surface area contributed by atoms with Crippen molar-refractivity contribution in [1.82, 2.24) is 9.97 Å². The third-order valence-electron chi connectivity index (χ3n) is 10.8. The number of nitrogen functional groups attached to an aromatic ring is 2. The normalized spacial score (nSPS) is 11.2. The van der Waals surface area contributed by atoms with Crippen LogP contribution >= 0.6 is 0 Å². The number of nitrogens with two attached hydrogens (primary N) is 2. The van der Waals surface area contributed by atoms with E-state index in [1.54, 1.807) is 12.4 Å². The van der Waals surface area contributed by atoms with Crippen LogP contribution in [0.1, 0.15) is 0 Å². The minimum absolute atomic E-state index is 0.468. The highest BCUT2D eigenvalue weighted by atomic mass is 15.1. The van der Waals surface area contributed by atoms with Gasteiger partial charge in [-0.05, 0) is 105 Å². The Balaban J connectivity index is 1.05. The zero-order valence-corrected chi connectivity index (χ0v) is 31.6. The highest BCUT2D eigenvalue weighted by Gasteiger charge is 2.22. The van der Waals surface area contributed by atoms with Gasteiger partial charge < -0.3 is 21.3 Å². The molecule has 0 bridgehead atoms. The van der Waals surface area contributed by atoms with Gasteiger partial charge in [-0.3, -0.25) is 9.97 Å². The Morgan fingerprint density at radius 2 is 0.638 bits per heavy atom. The number of aromatic nitrogens is 2. The van der Waals surface area contributed by atoms with Crippen molar-refractivity contribution in [3.63, 3.8) is 0 Å². The number of hydrogen-bond acceptors (Lipinski definition) is 6. The van der Waals surface area contributed by atoms with Crippen molar-refractivity contribution in [2.75, 3.05) is 21.3 Å². The summed E-state index contributed by atoms with van der Waals surface area (Å²) in [5.41, 5.74) is 26.0. The quantitative estimate of drug-likeness (QED) is 0.151. The van der Waals surface area contributed by atoms with Crippen LogP contribution < -0.4 is 21.3 Å². The predicted octanol–water partition coefficient (Wildman–Crippen LogP) is 13.4. The molecule has 0 fully saturated rings. The summed E-state index contributed by atoms with van der Waals surface area (Å²) in [6.45, 7) is 0. The van der Waals surface area contributed by atoms with Gasteiger partial charge in [-0.25, -0.2) is 0 Å². The number of hydrogen-bond donors (Lipinski definition) is 2. The van der Waals surface area contributed by atoms with Crippen molar-refractivity contribution in [1.29, 1.82) is 0 Å². The van der Waals surface area contributed by atoms with Gasteiger partial charge in [0.15, 0.2) is 0 Å². The summed E-state index contributed by atoms with van der Waals surface area (Å²) >= 11 is 0. The number of benzene rings is 9. The van der Waals surface area contributed by atoms with E-state index in [0.29, 0.717) is 22.4 Å². The smallest absolute Gasteiger partial charge is 0.0993 e. The topological polar surface area (TPSA) is 84.3 Å². The molecule has 0 atom stereocenters. The average molecular weight is 747 g/mol. The molecule has 0 amide bonds. The largest absolute Gasteiger partial charge is 0.396 e. The molecule has 0 aliphatic heterocycles. The second kappa shape index (κ2) is 14.6. The Hall–Kier alpha value is -7.96. The average Bonchev–Trinajstić information content (AvgIpc) is 3.28. The lowest BCUT2D eigenvalue weighted by Crippen LogP contribution is -2.10. The van der Waals surface area contributed by atoms with E-state index in [0.717, 1.165) is 56.4 Å². The molecule has 0 aliphatic rings. The molecule has 10 aromatic rings. The van der Waals surface area contributed by atoms with Gasteiger partial charge in [-0.1, -0.05) is 121 Å². The molecule has 0 unspecified atom stereocenters. The molecule has 0 saturated heterocycles. The molecule has 4 N–H and O–H groups in total. The van der Waals surface area contributed by atoms with Gasteiger partial charge >= 0.3 is 0 Å². The highest BCUT2D eigenvalue weighted by molar-refractivity contribution is 6.12. The van der Waals surface area contributed by atoms with E-state index in [-0.39, 0.29) is 0 Å². The van der Waals surface area contributed by atoms with Crippen LogP contribution in [0, 0.1) is 0 Å². The summed E-state index contributed by atoms with van der Waals surface area (Å²) in [4.78, 5) is 14.2. The van der Waals surface area contributed by atoms with Gasteiger partial charge in [0.25, 0.3) is 0 Å². The van der Waals surface area contributed by atoms with E-state index < -0.39 is 0 Å². The molecule has 1 heterocycles. The molecular formula is C52H38N6. The van der Waals surface area contributed by atoms with E-state index in [2.05, 4.69) is 192 Å². The fourth-order valence-electron chi connectivity index (χ4n) is 8.05. The van der Waals surface area contributed by atoms with E-state index >= 15 is 0 Å². The van der Waals surface area contributed by atoms with Gasteiger partial charge in [0.1, 0.15) is 0 Å². The second-order valence-electron chi connectivity index (χ2n) is 14.3. The first-order chi connectivity index (χ1) is 28.6. The van der Waals surface area contributed by atoms with Crippen LogP contribution in [0.15, 0.2) is 207 Å². The van der Waals surface area contributed by atoms with Crippen LogP contribution in [0.5, 0.6) is 0 Å².